The van der Waals surface area contributed by atoms with E-state index in [4.69, 9.17) is 14.0 Å². The van der Waals surface area contributed by atoms with Crippen molar-refractivity contribution < 1.29 is 42.0 Å². The molecule has 0 saturated carbocycles. The molecule has 182 valence electrons. The van der Waals surface area contributed by atoms with Gasteiger partial charge in [-0.3, -0.25) is 14.2 Å². The molecule has 2 heterocycles. The van der Waals surface area contributed by atoms with E-state index in [9.17, 15) is 19.3 Å². The first-order valence-electron chi connectivity index (χ1n) is 9.95. The topological polar surface area (TPSA) is 126 Å². The van der Waals surface area contributed by atoms with Gasteiger partial charge in [-0.15, -0.1) is 0 Å². The Kier molecular flexibility index (Phi) is 7.89. The lowest BCUT2D eigenvalue weighted by molar-refractivity contribution is -0.163. The first-order valence-corrected chi connectivity index (χ1v) is 12.0. The molecule has 0 bridgehead atoms. The summed E-state index contributed by atoms with van der Waals surface area (Å²) in [5.74, 6) is -4.90. The second-order valence-corrected chi connectivity index (χ2v) is 10.5. The Labute approximate surface area is 185 Å². The summed E-state index contributed by atoms with van der Waals surface area (Å²) < 4.78 is 59.3. The fourth-order valence-electron chi connectivity index (χ4n) is 3.25. The van der Waals surface area contributed by atoms with Crippen LogP contribution >= 0.6 is 7.52 Å². The number of esters is 1. The number of halogens is 2. The minimum atomic E-state index is -3.64. The van der Waals surface area contributed by atoms with Crippen LogP contribution in [0.5, 0.6) is 0 Å². The van der Waals surface area contributed by atoms with E-state index in [0.29, 0.717) is 0 Å². The zero-order chi connectivity index (χ0) is 24.5. The van der Waals surface area contributed by atoms with Gasteiger partial charge in [-0.2, -0.15) is 0 Å². The molecule has 2 rings (SSSR count). The van der Waals surface area contributed by atoms with Crippen molar-refractivity contribution in [3.05, 3.63) is 24.7 Å². The minimum absolute atomic E-state index is 0.121. The van der Waals surface area contributed by atoms with Gasteiger partial charge in [0.2, 0.25) is 6.23 Å². The quantitative estimate of drug-likeness (QED) is 0.332. The predicted octanol–water partition coefficient (Wildman–Crippen LogP) is 1.53. The molecule has 2 aliphatic heterocycles. The van der Waals surface area contributed by atoms with E-state index in [0.717, 1.165) is 24.1 Å². The fourth-order valence-corrected chi connectivity index (χ4v) is 4.55. The second kappa shape index (κ2) is 9.56. The van der Waals surface area contributed by atoms with Crippen molar-refractivity contribution in [3.8, 4) is 0 Å². The van der Waals surface area contributed by atoms with Crippen molar-refractivity contribution in [1.82, 2.24) is 15.3 Å². The Balaban J connectivity index is 2.14. The average molecular weight is 481 g/mol. The normalized spacial score (nSPS) is 30.2. The molecule has 5 atom stereocenters. The maximum absolute atomic E-state index is 15.3. The summed E-state index contributed by atoms with van der Waals surface area (Å²) in [6.07, 6.45) is -1.50. The number of aliphatic hydroxyl groups is 1. The molecule has 0 radical (unpaired) electrons. The van der Waals surface area contributed by atoms with Crippen LogP contribution in [0.25, 0.3) is 0 Å². The van der Waals surface area contributed by atoms with Gasteiger partial charge >= 0.3 is 11.9 Å². The molecule has 32 heavy (non-hydrogen) atoms. The first-order chi connectivity index (χ1) is 14.6. The van der Waals surface area contributed by atoms with Crippen LogP contribution in [0.3, 0.4) is 0 Å². The van der Waals surface area contributed by atoms with E-state index in [1.807, 2.05) is 0 Å². The van der Waals surface area contributed by atoms with Crippen LogP contribution in [-0.2, 0) is 28.2 Å². The Hall–Kier alpha value is -1.85. The van der Waals surface area contributed by atoms with Gasteiger partial charge in [0.15, 0.2) is 0 Å². The van der Waals surface area contributed by atoms with Crippen molar-refractivity contribution in [3.63, 3.8) is 0 Å². The highest BCUT2D eigenvalue weighted by atomic mass is 31.2. The molecule has 0 spiro atoms. The summed E-state index contributed by atoms with van der Waals surface area (Å²) in [6, 6.07) is -0.971. The first kappa shape index (κ1) is 26.4. The number of alkyl halides is 2. The lowest BCUT2D eigenvalue weighted by Gasteiger charge is -2.37. The fraction of sp³-hybridized carbons (Fsp3) is 0.684. The van der Waals surface area contributed by atoms with Crippen molar-refractivity contribution in [2.45, 2.75) is 58.1 Å². The number of ether oxygens (including phenoxy) is 2. The zero-order valence-corrected chi connectivity index (χ0v) is 19.5. The summed E-state index contributed by atoms with van der Waals surface area (Å²) in [6.45, 7) is 9.09. The average Bonchev–Trinajstić information content (AvgIpc) is 2.86. The molecular weight excluding hydrogens is 451 g/mol. The summed E-state index contributed by atoms with van der Waals surface area (Å²) >= 11 is 0. The van der Waals surface area contributed by atoms with E-state index in [1.165, 1.54) is 13.6 Å². The Bertz CT molecular complexity index is 838. The standard InChI is InChI=1S/C19H30F2N3O7P/c1-11(2)30-16(27)12(3)23-32(6,28)29-9-14-18(5,10-25)19(20,21)17(31-14)24-8-7-15(26)22-13(24)4/h7-8,11-12,14,17,25H,4,9-10H2,1-3,5-6H3,(H,22,26)(H,23,28)/t12-,14+,17+,18?,32?/m0/s1. The number of carbonyl (C=O) groups excluding carboxylic acids is 2. The number of nitrogens with one attached hydrogen (secondary N) is 2. The van der Waals surface area contributed by atoms with Crippen molar-refractivity contribution in [1.29, 1.82) is 0 Å². The minimum Gasteiger partial charge on any atom is -0.462 e. The highest BCUT2D eigenvalue weighted by molar-refractivity contribution is 7.56. The van der Waals surface area contributed by atoms with Crippen LogP contribution in [0.15, 0.2) is 24.7 Å². The largest absolute Gasteiger partial charge is 0.462 e. The number of carbonyl (C=O) groups is 2. The van der Waals surface area contributed by atoms with E-state index < -0.39 is 62.3 Å². The van der Waals surface area contributed by atoms with E-state index >= 15 is 8.78 Å². The summed E-state index contributed by atoms with van der Waals surface area (Å²) in [5, 5.41) is 14.6. The smallest absolute Gasteiger partial charge is 0.323 e. The number of aliphatic hydroxyl groups excluding tert-OH is 1. The van der Waals surface area contributed by atoms with Gasteiger partial charge in [-0.1, -0.05) is 6.58 Å². The van der Waals surface area contributed by atoms with Crippen molar-refractivity contribution in [2.75, 3.05) is 19.9 Å². The predicted molar refractivity (Wildman–Crippen MR) is 110 cm³/mol. The molecule has 2 aliphatic rings. The molecular formula is C19H30F2N3O7P. The van der Waals surface area contributed by atoms with E-state index in [-0.39, 0.29) is 11.9 Å². The number of hydrogen-bond acceptors (Lipinski definition) is 8. The van der Waals surface area contributed by atoms with Crippen LogP contribution in [0.2, 0.25) is 0 Å². The molecule has 13 heteroatoms. The van der Waals surface area contributed by atoms with E-state index in [2.05, 4.69) is 17.0 Å². The molecule has 1 amide bonds. The summed E-state index contributed by atoms with van der Waals surface area (Å²) in [5.41, 5.74) is -2.10. The van der Waals surface area contributed by atoms with Gasteiger partial charge in [0.1, 0.15) is 11.9 Å². The molecule has 1 fully saturated rings. The summed E-state index contributed by atoms with van der Waals surface area (Å²) in [7, 11) is -3.64. The van der Waals surface area contributed by atoms with Crippen molar-refractivity contribution >= 4 is 19.4 Å². The second-order valence-electron chi connectivity index (χ2n) is 8.31. The molecule has 2 unspecified atom stereocenters. The van der Waals surface area contributed by atoms with E-state index in [1.54, 1.807) is 13.8 Å². The third kappa shape index (κ3) is 5.37. The van der Waals surface area contributed by atoms with Crippen LogP contribution in [0.1, 0.15) is 27.7 Å². The zero-order valence-electron chi connectivity index (χ0n) is 18.6. The maximum atomic E-state index is 15.3. The maximum Gasteiger partial charge on any atom is 0.323 e. The molecule has 0 aromatic rings. The number of amides is 1. The molecule has 0 aromatic heterocycles. The van der Waals surface area contributed by atoms with Gasteiger partial charge in [0, 0.05) is 18.9 Å². The Morgan fingerprint density at radius 1 is 1.47 bits per heavy atom. The van der Waals surface area contributed by atoms with Crippen LogP contribution in [-0.4, -0.2) is 72.2 Å². The molecule has 1 saturated heterocycles. The van der Waals surface area contributed by atoms with Gasteiger partial charge in [0.05, 0.1) is 30.8 Å². The van der Waals surface area contributed by atoms with Gasteiger partial charge < -0.3 is 29.3 Å². The number of nitrogens with zero attached hydrogens (tertiary/aromatic N) is 1. The summed E-state index contributed by atoms with van der Waals surface area (Å²) in [4.78, 5) is 24.3. The highest BCUT2D eigenvalue weighted by Crippen LogP contribution is 2.53. The van der Waals surface area contributed by atoms with Gasteiger partial charge in [-0.05, 0) is 27.7 Å². The van der Waals surface area contributed by atoms with Crippen LogP contribution < -0.4 is 10.4 Å². The van der Waals surface area contributed by atoms with Gasteiger partial charge in [-0.25, -0.2) is 13.9 Å². The van der Waals surface area contributed by atoms with Crippen LogP contribution in [0, 0.1) is 5.41 Å². The number of hydrogen-bond donors (Lipinski definition) is 3. The molecule has 3 N–H and O–H groups in total. The lowest BCUT2D eigenvalue weighted by Crippen LogP contribution is -2.53. The third-order valence-electron chi connectivity index (χ3n) is 5.23. The molecule has 0 aromatic carbocycles. The van der Waals surface area contributed by atoms with Gasteiger partial charge in [0.25, 0.3) is 13.4 Å². The lowest BCUT2D eigenvalue weighted by atomic mass is 9.80. The highest BCUT2D eigenvalue weighted by Gasteiger charge is 2.68. The monoisotopic (exact) mass is 481 g/mol. The Morgan fingerprint density at radius 2 is 2.09 bits per heavy atom. The molecule has 10 nitrogen and oxygen atoms in total. The third-order valence-corrected chi connectivity index (χ3v) is 6.73. The van der Waals surface area contributed by atoms with Crippen molar-refractivity contribution in [2.24, 2.45) is 5.41 Å². The Morgan fingerprint density at radius 3 is 2.62 bits per heavy atom. The number of rotatable bonds is 9. The molecule has 0 aliphatic carbocycles. The SMILES string of the molecule is C=C1NC(=O)C=CN1[C@@H]1O[C@H](COP(C)(=O)N[C@@H](C)C(=O)OC(C)C)C(C)(CO)C1(F)F. The van der Waals surface area contributed by atoms with Crippen LogP contribution in [0.4, 0.5) is 8.78 Å².